The van der Waals surface area contributed by atoms with Crippen molar-refractivity contribution in [1.29, 1.82) is 0 Å². The third-order valence-electron chi connectivity index (χ3n) is 9.40. The molecule has 50 heavy (non-hydrogen) atoms. The average molecular weight is 710 g/mol. The maximum atomic E-state index is 13.4. The Morgan fingerprint density at radius 1 is 1.00 bits per heavy atom. The van der Waals surface area contributed by atoms with Gasteiger partial charge in [0, 0.05) is 48.1 Å². The fourth-order valence-corrected chi connectivity index (χ4v) is 8.10. The molecule has 2 fully saturated rings. The Morgan fingerprint density at radius 2 is 1.70 bits per heavy atom. The van der Waals surface area contributed by atoms with Crippen molar-refractivity contribution in [3.05, 3.63) is 101 Å². The number of fused-ring (bicyclic) bond motifs is 3. The molecular weight excluding hydrogens is 671 g/mol. The van der Waals surface area contributed by atoms with Gasteiger partial charge in [0.25, 0.3) is 0 Å². The number of hydrogen-bond donors (Lipinski definition) is 1. The van der Waals surface area contributed by atoms with Crippen LogP contribution in [0, 0.1) is 17.3 Å². The fraction of sp³-hybridized carbons (Fsp3) is 0.308. The first-order chi connectivity index (χ1) is 23.9. The van der Waals surface area contributed by atoms with Crippen LogP contribution in [0.3, 0.4) is 0 Å². The van der Waals surface area contributed by atoms with Gasteiger partial charge in [-0.15, -0.1) is 11.3 Å². The van der Waals surface area contributed by atoms with E-state index in [0.717, 1.165) is 38.2 Å². The number of ether oxygens (including phenoxy) is 2. The van der Waals surface area contributed by atoms with Crippen LogP contribution in [0.15, 0.2) is 90.0 Å². The van der Waals surface area contributed by atoms with E-state index >= 15 is 0 Å². The molecule has 0 amide bonds. The molecule has 0 spiro atoms. The van der Waals surface area contributed by atoms with Gasteiger partial charge in [-0.25, -0.2) is 18.4 Å². The molecule has 11 heteroatoms. The second kappa shape index (κ2) is 13.2. The second-order valence-corrected chi connectivity index (χ2v) is 16.9. The molecular formula is C39H39N3O6S2. The summed E-state index contributed by atoms with van der Waals surface area (Å²) in [5.74, 6) is 2.51. The van der Waals surface area contributed by atoms with Crippen LogP contribution in [-0.2, 0) is 34.2 Å². The first-order valence-electron chi connectivity index (χ1n) is 16.5. The third-order valence-corrected chi connectivity index (χ3v) is 11.6. The van der Waals surface area contributed by atoms with Gasteiger partial charge in [0.1, 0.15) is 17.4 Å². The van der Waals surface area contributed by atoms with Crippen LogP contribution in [0.25, 0.3) is 32.2 Å². The molecule has 6 aromatic rings. The van der Waals surface area contributed by atoms with E-state index in [-0.39, 0.29) is 17.9 Å². The van der Waals surface area contributed by atoms with Gasteiger partial charge in [0.15, 0.2) is 9.84 Å². The Bertz CT molecular complexity index is 2260. The lowest BCUT2D eigenvalue weighted by atomic mass is 9.88. The quantitative estimate of drug-likeness (QED) is 0.144. The molecule has 3 aromatic carbocycles. The van der Waals surface area contributed by atoms with Crippen LogP contribution in [0.5, 0.6) is 11.6 Å². The minimum absolute atomic E-state index is 0.0108. The Kier molecular flexibility index (Phi) is 8.90. The lowest BCUT2D eigenvalue weighted by Gasteiger charge is -2.22. The number of pyridine rings is 1. The van der Waals surface area contributed by atoms with Crippen molar-refractivity contribution in [3.63, 3.8) is 0 Å². The van der Waals surface area contributed by atoms with E-state index < -0.39 is 21.2 Å². The predicted molar refractivity (Wildman–Crippen MR) is 196 cm³/mol. The van der Waals surface area contributed by atoms with Crippen molar-refractivity contribution < 1.29 is 27.8 Å². The lowest BCUT2D eigenvalue weighted by Crippen LogP contribution is -2.28. The summed E-state index contributed by atoms with van der Waals surface area (Å²) < 4.78 is 41.1. The molecule has 2 aliphatic carbocycles. The van der Waals surface area contributed by atoms with E-state index in [1.54, 1.807) is 63.5 Å². The minimum Gasteiger partial charge on any atom is -0.486 e. The number of thiazole rings is 1. The van der Waals surface area contributed by atoms with Gasteiger partial charge in [-0.1, -0.05) is 36.4 Å². The zero-order valence-electron chi connectivity index (χ0n) is 28.4. The number of carbonyl (C=O) groups is 1. The Labute approximate surface area is 295 Å². The Morgan fingerprint density at radius 3 is 2.30 bits per heavy atom. The SMILES string of the molecule is C1C2CC12.COc1ccc(-c2ccc(Cn3c(CC(C)(C)C(=O)O)c(S(C)(=O)=O)c4cc(OCc5nc6ccccc6s5)ccc43)cc2)cn1. The molecule has 2 aliphatic rings. The van der Waals surface area contributed by atoms with Crippen LogP contribution in [0.2, 0.25) is 0 Å². The van der Waals surface area contributed by atoms with E-state index in [1.165, 1.54) is 11.8 Å². The van der Waals surface area contributed by atoms with Gasteiger partial charge < -0.3 is 19.1 Å². The molecule has 0 atom stereocenters. The lowest BCUT2D eigenvalue weighted by molar-refractivity contribution is -0.146. The van der Waals surface area contributed by atoms with Gasteiger partial charge in [-0.05, 0) is 86.1 Å². The van der Waals surface area contributed by atoms with Gasteiger partial charge >= 0.3 is 5.97 Å². The number of benzene rings is 3. The van der Waals surface area contributed by atoms with Gasteiger partial charge in [-0.3, -0.25) is 4.79 Å². The molecule has 8 rings (SSSR count). The summed E-state index contributed by atoms with van der Waals surface area (Å²) in [7, 11) is -2.21. The summed E-state index contributed by atoms with van der Waals surface area (Å²) in [6, 6.07) is 24.9. The highest BCUT2D eigenvalue weighted by Crippen LogP contribution is 2.62. The Hall–Kier alpha value is -4.74. The van der Waals surface area contributed by atoms with Crippen molar-refractivity contribution in [3.8, 4) is 22.8 Å². The number of carboxylic acids is 1. The number of para-hydroxylation sites is 1. The maximum Gasteiger partial charge on any atom is 0.309 e. The monoisotopic (exact) mass is 709 g/mol. The molecule has 258 valence electrons. The van der Waals surface area contributed by atoms with Crippen molar-refractivity contribution >= 4 is 48.3 Å². The van der Waals surface area contributed by atoms with E-state index in [9.17, 15) is 18.3 Å². The number of aromatic nitrogens is 3. The molecule has 0 radical (unpaired) electrons. The van der Waals surface area contributed by atoms with E-state index in [2.05, 4.69) is 9.97 Å². The van der Waals surface area contributed by atoms with Gasteiger partial charge in [-0.2, -0.15) is 0 Å². The highest BCUT2D eigenvalue weighted by molar-refractivity contribution is 7.91. The smallest absolute Gasteiger partial charge is 0.309 e. The number of rotatable bonds is 11. The first kappa shape index (κ1) is 33.7. The highest BCUT2D eigenvalue weighted by Gasteiger charge is 2.52. The summed E-state index contributed by atoms with van der Waals surface area (Å²) in [5.41, 5.74) is 3.62. The number of hydrogen-bond acceptors (Lipinski definition) is 8. The molecule has 0 saturated heterocycles. The molecule has 0 bridgehead atoms. The van der Waals surface area contributed by atoms with Crippen LogP contribution >= 0.6 is 11.3 Å². The van der Waals surface area contributed by atoms with Crippen LogP contribution in [-0.4, -0.2) is 47.4 Å². The van der Waals surface area contributed by atoms with E-state index in [1.807, 2.05) is 71.3 Å². The van der Waals surface area contributed by atoms with Crippen LogP contribution in [0.1, 0.15) is 43.0 Å². The number of carboxylic acid groups (broad SMARTS) is 1. The van der Waals surface area contributed by atoms with Crippen molar-refractivity contribution in [2.75, 3.05) is 13.4 Å². The molecule has 0 unspecified atom stereocenters. The summed E-state index contributed by atoms with van der Waals surface area (Å²) in [5, 5.41) is 11.3. The second-order valence-electron chi connectivity index (χ2n) is 13.8. The van der Waals surface area contributed by atoms with E-state index in [0.29, 0.717) is 34.8 Å². The molecule has 3 aromatic heterocycles. The third kappa shape index (κ3) is 7.25. The summed E-state index contributed by atoms with van der Waals surface area (Å²) >= 11 is 1.54. The van der Waals surface area contributed by atoms with Crippen LogP contribution in [0.4, 0.5) is 0 Å². The van der Waals surface area contributed by atoms with Crippen LogP contribution < -0.4 is 9.47 Å². The fourth-order valence-electron chi connectivity index (χ4n) is 6.05. The number of sulfone groups is 1. The number of aliphatic carboxylic acids is 1. The summed E-state index contributed by atoms with van der Waals surface area (Å²) in [6.07, 6.45) is 6.08. The summed E-state index contributed by atoms with van der Waals surface area (Å²) in [4.78, 5) is 21.3. The first-order valence-corrected chi connectivity index (χ1v) is 19.3. The molecule has 9 nitrogen and oxygen atoms in total. The topological polar surface area (TPSA) is 121 Å². The van der Waals surface area contributed by atoms with Crippen molar-refractivity contribution in [2.45, 2.75) is 51.2 Å². The van der Waals surface area contributed by atoms with Crippen molar-refractivity contribution in [2.24, 2.45) is 17.3 Å². The number of nitrogens with zero attached hydrogens (tertiary/aromatic N) is 3. The van der Waals surface area contributed by atoms with Crippen molar-refractivity contribution in [1.82, 2.24) is 14.5 Å². The molecule has 3 heterocycles. The molecule has 2 saturated carbocycles. The highest BCUT2D eigenvalue weighted by atomic mass is 32.2. The largest absolute Gasteiger partial charge is 0.486 e. The average Bonchev–Trinajstić information content (AvgIpc) is 3.96. The zero-order chi connectivity index (χ0) is 35.2. The minimum atomic E-state index is -3.78. The molecule has 0 aliphatic heterocycles. The van der Waals surface area contributed by atoms with Gasteiger partial charge in [0.2, 0.25) is 5.88 Å². The summed E-state index contributed by atoms with van der Waals surface area (Å²) in [6.45, 7) is 3.78. The number of methoxy groups -OCH3 is 1. The maximum absolute atomic E-state index is 13.4. The van der Waals surface area contributed by atoms with E-state index in [4.69, 9.17) is 9.47 Å². The predicted octanol–water partition coefficient (Wildman–Crippen LogP) is 8.03. The molecule has 1 N–H and O–H groups in total. The Balaban J connectivity index is 0.000000900. The zero-order valence-corrected chi connectivity index (χ0v) is 30.1. The normalized spacial score (nSPS) is 16.4. The standard InChI is InChI=1S/C35H33N3O6S2.C4H6/c1-35(2,34(39)40)18-29-33(46(4,41)42)26-17-25(44-21-32-37-27-7-5-6-8-30(27)45-32)14-15-28(26)38(29)20-22-9-11-23(12-10-22)24-13-16-31(43-3)36-19-24;1-3-2-4(1)3/h5-17,19H,18,20-21H2,1-4H3,(H,39,40);3-4H,1-2H2. The van der Waals surface area contributed by atoms with Gasteiger partial charge in [0.05, 0.1) is 33.2 Å².